The first kappa shape index (κ1) is 20.1. The van der Waals surface area contributed by atoms with E-state index in [1.807, 2.05) is 12.1 Å². The van der Waals surface area contributed by atoms with Gasteiger partial charge >= 0.3 is 0 Å². The zero-order valence-electron chi connectivity index (χ0n) is 17.5. The average molecular weight is 412 g/mol. The zero-order valence-corrected chi connectivity index (χ0v) is 18.4. The van der Waals surface area contributed by atoms with Gasteiger partial charge < -0.3 is 15.0 Å². The fourth-order valence-electron chi connectivity index (χ4n) is 4.24. The molecule has 3 atom stereocenters. The van der Waals surface area contributed by atoms with Gasteiger partial charge in [-0.3, -0.25) is 4.79 Å². The van der Waals surface area contributed by atoms with E-state index in [9.17, 15) is 4.79 Å². The van der Waals surface area contributed by atoms with Crippen LogP contribution in [0.2, 0.25) is 0 Å². The van der Waals surface area contributed by atoms with Crippen molar-refractivity contribution >= 4 is 21.6 Å². The fraction of sp³-hybridized carbons (Fsp3) is 0.478. The van der Waals surface area contributed by atoms with E-state index >= 15 is 0 Å². The first-order valence-electron chi connectivity index (χ1n) is 10.4. The highest BCUT2D eigenvalue weighted by Crippen LogP contribution is 2.36. The maximum absolute atomic E-state index is 12.9. The summed E-state index contributed by atoms with van der Waals surface area (Å²) in [4.78, 5) is 23.0. The lowest BCUT2D eigenvalue weighted by atomic mass is 9.89. The summed E-state index contributed by atoms with van der Waals surface area (Å²) >= 11 is 1.70. The molecule has 5 nitrogen and oxygen atoms in total. The quantitative estimate of drug-likeness (QED) is 0.604. The van der Waals surface area contributed by atoms with E-state index in [1.54, 1.807) is 18.4 Å². The molecule has 0 spiro atoms. The Kier molecular flexibility index (Phi) is 5.74. The van der Waals surface area contributed by atoms with E-state index in [0.29, 0.717) is 11.7 Å². The Hall–Kier alpha value is -2.18. The van der Waals surface area contributed by atoms with Gasteiger partial charge in [-0.25, -0.2) is 4.98 Å². The summed E-state index contributed by atoms with van der Waals surface area (Å²) in [6.45, 7) is 6.50. The van der Waals surface area contributed by atoms with Crippen molar-refractivity contribution in [1.29, 1.82) is 0 Å². The molecule has 6 heteroatoms. The Morgan fingerprint density at radius 2 is 2.10 bits per heavy atom. The third kappa shape index (κ3) is 3.96. The minimum absolute atomic E-state index is 0.00296. The number of aromatic amines is 1. The van der Waals surface area contributed by atoms with Crippen LogP contribution in [0.1, 0.15) is 67.5 Å². The van der Waals surface area contributed by atoms with Crippen LogP contribution in [0.15, 0.2) is 29.1 Å². The van der Waals surface area contributed by atoms with Crippen LogP contribution in [0.4, 0.5) is 0 Å². The average Bonchev–Trinajstić information content (AvgIpc) is 3.09. The Morgan fingerprint density at radius 3 is 2.79 bits per heavy atom. The minimum atomic E-state index is -0.0581. The van der Waals surface area contributed by atoms with Crippen molar-refractivity contribution in [3.8, 4) is 5.75 Å². The largest absolute Gasteiger partial charge is 0.497 e. The molecule has 1 aliphatic rings. The molecule has 1 aromatic carbocycles. The maximum Gasteiger partial charge on any atom is 0.259 e. The van der Waals surface area contributed by atoms with E-state index in [1.165, 1.54) is 16.0 Å². The first-order valence-corrected chi connectivity index (χ1v) is 11.3. The first-order chi connectivity index (χ1) is 14.0. The summed E-state index contributed by atoms with van der Waals surface area (Å²) in [5.74, 6) is 2.25. The van der Waals surface area contributed by atoms with Crippen molar-refractivity contribution in [2.75, 3.05) is 7.11 Å². The second kappa shape index (κ2) is 8.28. The predicted octanol–water partition coefficient (Wildman–Crippen LogP) is 4.92. The molecule has 2 heterocycles. The molecular formula is C23H29N3O2S. The van der Waals surface area contributed by atoms with Crippen LogP contribution < -0.4 is 15.6 Å². The minimum Gasteiger partial charge on any atom is -0.497 e. The van der Waals surface area contributed by atoms with Crippen molar-refractivity contribution in [2.24, 2.45) is 5.92 Å². The molecule has 0 saturated carbocycles. The molecule has 3 unspecified atom stereocenters. The maximum atomic E-state index is 12.9. The van der Waals surface area contributed by atoms with Crippen LogP contribution >= 0.6 is 11.3 Å². The van der Waals surface area contributed by atoms with Crippen LogP contribution in [-0.2, 0) is 12.8 Å². The summed E-state index contributed by atoms with van der Waals surface area (Å²) in [6.07, 6.45) is 4.14. The van der Waals surface area contributed by atoms with Gasteiger partial charge in [-0.2, -0.15) is 0 Å². The van der Waals surface area contributed by atoms with Crippen LogP contribution in [0.25, 0.3) is 10.2 Å². The number of aromatic nitrogens is 2. The lowest BCUT2D eigenvalue weighted by molar-refractivity contribution is 0.413. The molecule has 2 N–H and O–H groups in total. The van der Waals surface area contributed by atoms with Gasteiger partial charge in [-0.1, -0.05) is 26.0 Å². The van der Waals surface area contributed by atoms with Gasteiger partial charge in [0.2, 0.25) is 0 Å². The van der Waals surface area contributed by atoms with Gasteiger partial charge in [0.15, 0.2) is 0 Å². The number of rotatable bonds is 6. The topological polar surface area (TPSA) is 67.0 Å². The van der Waals surface area contributed by atoms with Gasteiger partial charge in [0.25, 0.3) is 5.56 Å². The van der Waals surface area contributed by atoms with Crippen LogP contribution in [-0.4, -0.2) is 17.1 Å². The summed E-state index contributed by atoms with van der Waals surface area (Å²) in [5, 5.41) is 4.44. The Morgan fingerprint density at radius 1 is 1.34 bits per heavy atom. The second-order valence-corrected chi connectivity index (χ2v) is 9.19. The third-order valence-corrected chi connectivity index (χ3v) is 7.12. The third-order valence-electron chi connectivity index (χ3n) is 5.97. The number of nitrogens with one attached hydrogen (secondary N) is 2. The van der Waals surface area contributed by atoms with Crippen molar-refractivity contribution in [1.82, 2.24) is 15.3 Å². The Labute approximate surface area is 175 Å². The molecule has 2 aromatic heterocycles. The highest BCUT2D eigenvalue weighted by molar-refractivity contribution is 7.18. The van der Waals surface area contributed by atoms with E-state index in [4.69, 9.17) is 9.72 Å². The normalized spacial score (nSPS) is 18.4. The zero-order chi connectivity index (χ0) is 20.5. The number of hydrogen-bond donors (Lipinski definition) is 2. The van der Waals surface area contributed by atoms with E-state index < -0.39 is 0 Å². The molecular weight excluding hydrogens is 382 g/mol. The molecule has 0 fully saturated rings. The fourth-order valence-corrected chi connectivity index (χ4v) is 5.63. The number of benzene rings is 1. The number of hydrogen-bond acceptors (Lipinski definition) is 5. The standard InChI is InChI=1S/C23H29N3O2S/c1-5-18(15-7-9-16(28-4)10-8-15)24-14(3)21-25-22(27)20-17-11-6-13(2)12-19(17)29-23(20)26-21/h7-10,13-14,18,24H,5-6,11-12H2,1-4H3,(H,25,26,27). The summed E-state index contributed by atoms with van der Waals surface area (Å²) in [5.41, 5.74) is 2.43. The number of H-pyrrole nitrogens is 1. The number of methoxy groups -OCH3 is 1. The SMILES string of the molecule is CCC(NC(C)c1nc2sc3c(c2c(=O)[nH]1)CCC(C)C3)c1ccc(OC)cc1. The highest BCUT2D eigenvalue weighted by Gasteiger charge is 2.24. The Balaban J connectivity index is 1.60. The number of thiophene rings is 1. The monoisotopic (exact) mass is 411 g/mol. The van der Waals surface area contributed by atoms with E-state index in [2.05, 4.69) is 43.2 Å². The van der Waals surface area contributed by atoms with Gasteiger partial charge in [-0.15, -0.1) is 11.3 Å². The molecule has 0 saturated heterocycles. The molecule has 0 radical (unpaired) electrons. The van der Waals surface area contributed by atoms with Crippen molar-refractivity contribution in [2.45, 2.75) is 58.5 Å². The molecule has 29 heavy (non-hydrogen) atoms. The summed E-state index contributed by atoms with van der Waals surface area (Å²) < 4.78 is 5.26. The van der Waals surface area contributed by atoms with E-state index in [-0.39, 0.29) is 17.6 Å². The number of ether oxygens (including phenoxy) is 1. The molecule has 1 aliphatic carbocycles. The van der Waals surface area contributed by atoms with Crippen LogP contribution in [0, 0.1) is 5.92 Å². The predicted molar refractivity (Wildman–Crippen MR) is 119 cm³/mol. The van der Waals surface area contributed by atoms with Gasteiger partial charge in [-0.05, 0) is 61.8 Å². The highest BCUT2D eigenvalue weighted by atomic mass is 32.1. The molecule has 0 amide bonds. The lowest BCUT2D eigenvalue weighted by Gasteiger charge is -2.22. The molecule has 4 rings (SSSR count). The van der Waals surface area contributed by atoms with Gasteiger partial charge in [0.05, 0.1) is 18.5 Å². The van der Waals surface area contributed by atoms with Crippen LogP contribution in [0.3, 0.4) is 0 Å². The lowest BCUT2D eigenvalue weighted by Crippen LogP contribution is -2.27. The summed E-state index contributed by atoms with van der Waals surface area (Å²) in [6, 6.07) is 8.24. The number of nitrogens with zero attached hydrogens (tertiary/aromatic N) is 1. The molecule has 0 bridgehead atoms. The second-order valence-electron chi connectivity index (χ2n) is 8.11. The van der Waals surface area contributed by atoms with E-state index in [0.717, 1.165) is 41.6 Å². The van der Waals surface area contributed by atoms with Crippen molar-refractivity contribution in [3.63, 3.8) is 0 Å². The number of aryl methyl sites for hydroxylation is 1. The summed E-state index contributed by atoms with van der Waals surface area (Å²) in [7, 11) is 1.67. The molecule has 154 valence electrons. The Bertz CT molecular complexity index is 1050. The van der Waals surface area contributed by atoms with Crippen LogP contribution in [0.5, 0.6) is 5.75 Å². The smallest absolute Gasteiger partial charge is 0.259 e. The van der Waals surface area contributed by atoms with Gasteiger partial charge in [0, 0.05) is 10.9 Å². The molecule has 0 aliphatic heterocycles. The number of fused-ring (bicyclic) bond motifs is 3. The van der Waals surface area contributed by atoms with Crippen molar-refractivity contribution < 1.29 is 4.74 Å². The molecule has 3 aromatic rings. The van der Waals surface area contributed by atoms with Crippen molar-refractivity contribution in [3.05, 3.63) is 56.4 Å². The van der Waals surface area contributed by atoms with Gasteiger partial charge in [0.1, 0.15) is 16.4 Å².